The number of hydrogen-bond acceptors (Lipinski definition) is 4. The molecule has 2 saturated heterocycles. The predicted molar refractivity (Wildman–Crippen MR) is 56.5 cm³/mol. The van der Waals surface area contributed by atoms with E-state index >= 15 is 0 Å². The number of aliphatic hydroxyl groups is 2. The minimum Gasteiger partial charge on any atom is -0.384 e. The van der Waals surface area contributed by atoms with E-state index in [0.29, 0.717) is 18.8 Å². The molecule has 3 rings (SSSR count). The van der Waals surface area contributed by atoms with Gasteiger partial charge in [0.25, 0.3) is 0 Å². The lowest BCUT2D eigenvalue weighted by Gasteiger charge is -2.27. The summed E-state index contributed by atoms with van der Waals surface area (Å²) in [6.45, 7) is 0. The normalized spacial score (nSPS) is 49.5. The van der Waals surface area contributed by atoms with Gasteiger partial charge in [-0.3, -0.25) is 0 Å². The van der Waals surface area contributed by atoms with Crippen LogP contribution >= 0.6 is 0 Å². The van der Waals surface area contributed by atoms with Gasteiger partial charge >= 0.3 is 0 Å². The van der Waals surface area contributed by atoms with E-state index in [-0.39, 0.29) is 6.10 Å². The van der Waals surface area contributed by atoms with Crippen molar-refractivity contribution in [2.75, 3.05) is 0 Å². The van der Waals surface area contributed by atoms with E-state index in [1.807, 2.05) is 0 Å². The minimum absolute atomic E-state index is 0.128. The minimum atomic E-state index is -0.943. The second kappa shape index (κ2) is 3.95. The van der Waals surface area contributed by atoms with E-state index in [1.165, 1.54) is 32.1 Å². The third-order valence-electron chi connectivity index (χ3n) is 4.28. The van der Waals surface area contributed by atoms with Gasteiger partial charge in [0, 0.05) is 12.8 Å². The van der Waals surface area contributed by atoms with Crippen LogP contribution in [0.4, 0.5) is 0 Å². The van der Waals surface area contributed by atoms with Crippen molar-refractivity contribution in [3.63, 3.8) is 0 Å². The summed E-state index contributed by atoms with van der Waals surface area (Å²) in [5.41, 5.74) is -0.943. The molecule has 1 unspecified atom stereocenters. The number of hydrogen-bond donors (Lipinski definition) is 2. The smallest absolute Gasteiger partial charge is 0.189 e. The summed E-state index contributed by atoms with van der Waals surface area (Å²) in [6.07, 6.45) is 5.87. The monoisotopic (exact) mass is 228 g/mol. The molecule has 1 aliphatic carbocycles. The maximum absolute atomic E-state index is 10.3. The van der Waals surface area contributed by atoms with E-state index < -0.39 is 18.2 Å². The molecule has 0 radical (unpaired) electrons. The summed E-state index contributed by atoms with van der Waals surface area (Å²) in [4.78, 5) is 0. The van der Waals surface area contributed by atoms with Crippen molar-refractivity contribution in [1.82, 2.24) is 0 Å². The van der Waals surface area contributed by atoms with Gasteiger partial charge in [0.1, 0.15) is 5.60 Å². The maximum Gasteiger partial charge on any atom is 0.189 e. The van der Waals surface area contributed by atoms with Crippen LogP contribution in [0.25, 0.3) is 0 Å². The Kier molecular flexibility index (Phi) is 2.70. The number of fused-ring (bicyclic) bond motifs is 1. The molecule has 92 valence electrons. The van der Waals surface area contributed by atoms with Gasteiger partial charge < -0.3 is 19.7 Å². The Morgan fingerprint density at radius 3 is 2.44 bits per heavy atom. The lowest BCUT2D eigenvalue weighted by molar-refractivity contribution is -0.208. The Bertz CT molecular complexity index is 264. The lowest BCUT2D eigenvalue weighted by Crippen LogP contribution is -2.33. The Morgan fingerprint density at radius 1 is 1.00 bits per heavy atom. The molecule has 4 atom stereocenters. The third-order valence-corrected chi connectivity index (χ3v) is 4.28. The van der Waals surface area contributed by atoms with Crippen molar-refractivity contribution in [2.45, 2.75) is 69.2 Å². The van der Waals surface area contributed by atoms with Gasteiger partial charge in [-0.05, 0) is 18.8 Å². The fraction of sp³-hybridized carbons (Fsp3) is 1.00. The van der Waals surface area contributed by atoms with Crippen molar-refractivity contribution in [3.8, 4) is 0 Å². The molecule has 0 aromatic heterocycles. The SMILES string of the molecule is OC1C[C@]2(O)C[C@@H](C3CCCCC3)O[C@@H]2O1. The highest BCUT2D eigenvalue weighted by atomic mass is 16.8. The molecule has 3 fully saturated rings. The van der Waals surface area contributed by atoms with Crippen molar-refractivity contribution in [2.24, 2.45) is 5.92 Å². The summed E-state index contributed by atoms with van der Waals surface area (Å²) in [5.74, 6) is 0.573. The molecule has 0 aromatic rings. The highest BCUT2D eigenvalue weighted by Crippen LogP contribution is 2.45. The molecule has 0 aromatic carbocycles. The molecular weight excluding hydrogens is 208 g/mol. The summed E-state index contributed by atoms with van der Waals surface area (Å²) in [7, 11) is 0. The van der Waals surface area contributed by atoms with Gasteiger partial charge in [0.2, 0.25) is 0 Å². The summed E-state index contributed by atoms with van der Waals surface area (Å²) >= 11 is 0. The van der Waals surface area contributed by atoms with Crippen LogP contribution in [0.1, 0.15) is 44.9 Å². The molecule has 4 heteroatoms. The van der Waals surface area contributed by atoms with Crippen molar-refractivity contribution < 1.29 is 19.7 Å². The highest BCUT2D eigenvalue weighted by molar-refractivity contribution is 4.98. The average Bonchev–Trinajstić information content (AvgIpc) is 2.70. The van der Waals surface area contributed by atoms with Crippen LogP contribution < -0.4 is 0 Å². The molecule has 0 bridgehead atoms. The molecule has 2 N–H and O–H groups in total. The molecule has 0 spiro atoms. The second-order valence-corrected chi connectivity index (χ2v) is 5.51. The van der Waals surface area contributed by atoms with Gasteiger partial charge in [-0.2, -0.15) is 0 Å². The van der Waals surface area contributed by atoms with Gasteiger partial charge in [-0.1, -0.05) is 19.3 Å². The Hall–Kier alpha value is -0.160. The molecule has 0 amide bonds. The van der Waals surface area contributed by atoms with E-state index in [2.05, 4.69) is 0 Å². The van der Waals surface area contributed by atoms with Crippen LogP contribution in [0.3, 0.4) is 0 Å². The fourth-order valence-electron chi connectivity index (χ4n) is 3.39. The second-order valence-electron chi connectivity index (χ2n) is 5.51. The quantitative estimate of drug-likeness (QED) is 0.707. The maximum atomic E-state index is 10.3. The van der Waals surface area contributed by atoms with Gasteiger partial charge in [-0.25, -0.2) is 0 Å². The zero-order valence-electron chi connectivity index (χ0n) is 9.47. The van der Waals surface area contributed by atoms with Crippen molar-refractivity contribution >= 4 is 0 Å². The van der Waals surface area contributed by atoms with Crippen LogP contribution in [0, 0.1) is 5.92 Å². The summed E-state index contributed by atoms with van der Waals surface area (Å²) < 4.78 is 11.0. The average molecular weight is 228 g/mol. The Labute approximate surface area is 95.6 Å². The Balaban J connectivity index is 1.65. The van der Waals surface area contributed by atoms with E-state index in [1.54, 1.807) is 0 Å². The molecular formula is C12H20O4. The Morgan fingerprint density at radius 2 is 1.75 bits per heavy atom. The van der Waals surface area contributed by atoms with Gasteiger partial charge in [0.05, 0.1) is 6.10 Å². The third kappa shape index (κ3) is 1.78. The standard InChI is InChI=1S/C12H20O4/c13-10-7-12(14)6-9(15-11(12)16-10)8-4-2-1-3-5-8/h8-11,13-14H,1-7H2/t9-,10?,11+,12+/m0/s1. The summed E-state index contributed by atoms with van der Waals surface area (Å²) in [6, 6.07) is 0. The van der Waals surface area contributed by atoms with Crippen LogP contribution in [0.2, 0.25) is 0 Å². The predicted octanol–water partition coefficient (Wildman–Crippen LogP) is 1.15. The van der Waals surface area contributed by atoms with Crippen LogP contribution in [-0.4, -0.2) is 34.5 Å². The van der Waals surface area contributed by atoms with Crippen molar-refractivity contribution in [1.29, 1.82) is 0 Å². The first-order chi connectivity index (χ1) is 7.67. The molecule has 2 heterocycles. The lowest BCUT2D eigenvalue weighted by atomic mass is 9.82. The summed E-state index contributed by atoms with van der Waals surface area (Å²) in [5, 5.41) is 19.6. The van der Waals surface area contributed by atoms with E-state index in [9.17, 15) is 10.2 Å². The first-order valence-corrected chi connectivity index (χ1v) is 6.39. The van der Waals surface area contributed by atoms with Crippen LogP contribution in [-0.2, 0) is 9.47 Å². The van der Waals surface area contributed by atoms with Gasteiger partial charge in [0.15, 0.2) is 12.6 Å². The van der Waals surface area contributed by atoms with Gasteiger partial charge in [-0.15, -0.1) is 0 Å². The van der Waals surface area contributed by atoms with Crippen molar-refractivity contribution in [3.05, 3.63) is 0 Å². The first kappa shape index (κ1) is 11.0. The molecule has 1 saturated carbocycles. The first-order valence-electron chi connectivity index (χ1n) is 6.39. The van der Waals surface area contributed by atoms with E-state index in [4.69, 9.17) is 9.47 Å². The molecule has 4 nitrogen and oxygen atoms in total. The number of ether oxygens (including phenoxy) is 2. The molecule has 16 heavy (non-hydrogen) atoms. The van der Waals surface area contributed by atoms with Crippen LogP contribution in [0.15, 0.2) is 0 Å². The molecule has 2 aliphatic heterocycles. The topological polar surface area (TPSA) is 58.9 Å². The number of aliphatic hydroxyl groups excluding tert-OH is 1. The van der Waals surface area contributed by atoms with Crippen LogP contribution in [0.5, 0.6) is 0 Å². The largest absolute Gasteiger partial charge is 0.384 e. The number of rotatable bonds is 1. The zero-order valence-corrected chi connectivity index (χ0v) is 9.47. The zero-order chi connectivity index (χ0) is 11.2. The fourth-order valence-corrected chi connectivity index (χ4v) is 3.39. The molecule has 3 aliphatic rings. The van der Waals surface area contributed by atoms with E-state index in [0.717, 1.165) is 0 Å². The highest BCUT2D eigenvalue weighted by Gasteiger charge is 2.56.